The van der Waals surface area contributed by atoms with Crippen molar-refractivity contribution in [1.82, 2.24) is 5.32 Å². The first-order chi connectivity index (χ1) is 44.6. The molecule has 0 aliphatic carbocycles. The molecule has 0 aromatic carbocycles. The van der Waals surface area contributed by atoms with E-state index in [-0.39, 0.29) is 18.9 Å². The summed E-state index contributed by atoms with van der Waals surface area (Å²) in [5.41, 5.74) is 0. The highest BCUT2D eigenvalue weighted by molar-refractivity contribution is 5.76. The number of unbranched alkanes of at least 4 members (excludes halogenated alkanes) is 51. The summed E-state index contributed by atoms with van der Waals surface area (Å²) in [5, 5.41) is 87.6. The van der Waals surface area contributed by atoms with Gasteiger partial charge in [-0.1, -0.05) is 353 Å². The van der Waals surface area contributed by atoms with Crippen molar-refractivity contribution in [2.75, 3.05) is 19.8 Å². The quantitative estimate of drug-likeness (QED) is 0.0204. The fourth-order valence-electron chi connectivity index (χ4n) is 13.2. The number of nitrogens with one attached hydrogen (secondary N) is 1. The molecule has 91 heavy (non-hydrogen) atoms. The smallest absolute Gasteiger partial charge is 0.220 e. The second kappa shape index (κ2) is 62.0. The van der Waals surface area contributed by atoms with Crippen LogP contribution < -0.4 is 5.32 Å². The van der Waals surface area contributed by atoms with Crippen LogP contribution in [0.25, 0.3) is 0 Å². The highest BCUT2D eigenvalue weighted by Crippen LogP contribution is 2.30. The van der Waals surface area contributed by atoms with Crippen LogP contribution in [0.3, 0.4) is 0 Å². The predicted octanol–water partition coefficient (Wildman–Crippen LogP) is 17.1. The molecule has 9 N–H and O–H groups in total. The lowest BCUT2D eigenvalue weighted by atomic mass is 9.97. The molecule has 12 unspecified atom stereocenters. The first-order valence-corrected chi connectivity index (χ1v) is 39.1. The molecular formula is C77H147NO13. The number of ether oxygens (including phenoxy) is 4. The van der Waals surface area contributed by atoms with E-state index in [0.717, 1.165) is 32.1 Å². The Morgan fingerprint density at radius 3 is 1.08 bits per heavy atom. The maximum Gasteiger partial charge on any atom is 0.220 e. The van der Waals surface area contributed by atoms with Gasteiger partial charge in [0.25, 0.3) is 0 Å². The summed E-state index contributed by atoms with van der Waals surface area (Å²) < 4.78 is 22.9. The fraction of sp³-hybridized carbons (Fsp3) is 0.935. The monoisotopic (exact) mass is 1290 g/mol. The lowest BCUT2D eigenvalue weighted by Crippen LogP contribution is -2.65. The summed E-state index contributed by atoms with van der Waals surface area (Å²) in [5.74, 6) is -0.240. The van der Waals surface area contributed by atoms with E-state index < -0.39 is 86.8 Å². The van der Waals surface area contributed by atoms with Crippen molar-refractivity contribution in [1.29, 1.82) is 0 Å². The predicted molar refractivity (Wildman–Crippen MR) is 374 cm³/mol. The number of carbonyl (C=O) groups is 1. The van der Waals surface area contributed by atoms with E-state index in [4.69, 9.17) is 18.9 Å². The van der Waals surface area contributed by atoms with E-state index in [1.807, 2.05) is 6.08 Å². The van der Waals surface area contributed by atoms with Gasteiger partial charge in [-0.3, -0.25) is 4.79 Å². The Morgan fingerprint density at radius 2 is 0.703 bits per heavy atom. The number of hydrogen-bond donors (Lipinski definition) is 9. The molecule has 0 saturated carbocycles. The van der Waals surface area contributed by atoms with Gasteiger partial charge in [0.1, 0.15) is 48.8 Å². The first kappa shape index (κ1) is 85.6. The summed E-state index contributed by atoms with van der Waals surface area (Å²) in [6, 6.07) is -0.930. The summed E-state index contributed by atoms with van der Waals surface area (Å²) >= 11 is 0. The van der Waals surface area contributed by atoms with E-state index in [2.05, 4.69) is 31.3 Å². The first-order valence-electron chi connectivity index (χ1n) is 39.1. The molecule has 14 nitrogen and oxygen atoms in total. The summed E-state index contributed by atoms with van der Waals surface area (Å²) in [4.78, 5) is 13.4. The number of carbonyl (C=O) groups excluding carboxylic acids is 1. The Morgan fingerprint density at radius 1 is 0.385 bits per heavy atom. The molecule has 14 heteroatoms. The number of aliphatic hydroxyl groups is 8. The highest BCUT2D eigenvalue weighted by Gasteiger charge is 2.51. The normalized spacial score (nSPS) is 22.8. The Kier molecular flexibility index (Phi) is 58.3. The average Bonchev–Trinajstić information content (AvgIpc) is 1.04. The Bertz CT molecular complexity index is 1620. The lowest BCUT2D eigenvalue weighted by Gasteiger charge is -2.46. The second-order valence-corrected chi connectivity index (χ2v) is 27.8. The zero-order chi connectivity index (χ0) is 65.9. The molecule has 0 aromatic heterocycles. The van der Waals surface area contributed by atoms with Crippen molar-refractivity contribution in [2.24, 2.45) is 0 Å². The van der Waals surface area contributed by atoms with E-state index in [1.165, 1.54) is 302 Å². The third-order valence-corrected chi connectivity index (χ3v) is 19.4. The molecule has 0 radical (unpaired) electrons. The Labute approximate surface area is 558 Å². The van der Waals surface area contributed by atoms with Gasteiger partial charge in [-0.05, 0) is 32.1 Å². The SMILES string of the molecule is CCCCCCCCCCCCCCCCCCCCC/C=C/CC/C=C/C(O)C(COC1OC(CO)C(OC2OC(CO)C(O)C(O)C2O)C(O)C1O)NC(=O)CCCCCCCCCCCCCCCCCCCCCCCCCCCCCCCCCC. The van der Waals surface area contributed by atoms with Gasteiger partial charge in [-0.2, -0.15) is 0 Å². The third kappa shape index (κ3) is 45.6. The van der Waals surface area contributed by atoms with Gasteiger partial charge in [0.2, 0.25) is 5.91 Å². The van der Waals surface area contributed by atoms with Crippen molar-refractivity contribution >= 4 is 5.91 Å². The molecule has 0 bridgehead atoms. The van der Waals surface area contributed by atoms with Crippen LogP contribution in [-0.2, 0) is 23.7 Å². The average molecular weight is 1300 g/mol. The van der Waals surface area contributed by atoms with E-state index in [9.17, 15) is 45.6 Å². The molecule has 0 aromatic rings. The molecule has 2 aliphatic heterocycles. The number of rotatable bonds is 66. The van der Waals surface area contributed by atoms with Crippen molar-refractivity contribution < 1.29 is 64.6 Å². The van der Waals surface area contributed by atoms with Crippen LogP contribution in [0.5, 0.6) is 0 Å². The standard InChI is InChI=1S/C77H147NO13/c1-3-5-7-9-11-13-15-17-19-21-23-25-27-29-30-31-32-33-34-35-37-39-41-43-45-47-49-51-53-55-57-59-61-69(82)78-65(64-88-76-74(87)72(85)75(68(63-80)90-76)91-77-73(86)71(84)70(83)67(62-79)89-77)66(81)60-58-56-54-52-50-48-46-44-42-40-38-36-28-26-24-22-20-18-16-14-12-10-8-6-4-2/h50,52,58,60,65-68,70-77,79-81,83-87H,3-49,51,53-57,59,61-64H2,1-2H3,(H,78,82)/b52-50+,60-58+. The van der Waals surface area contributed by atoms with Crippen LogP contribution in [0, 0.1) is 0 Å². The Hall–Kier alpha value is -1.53. The zero-order valence-corrected chi connectivity index (χ0v) is 58.9. The maximum atomic E-state index is 13.4. The second-order valence-electron chi connectivity index (χ2n) is 27.8. The third-order valence-electron chi connectivity index (χ3n) is 19.4. The molecule has 0 spiro atoms. The van der Waals surface area contributed by atoms with Crippen LogP contribution in [0.2, 0.25) is 0 Å². The van der Waals surface area contributed by atoms with Crippen LogP contribution in [-0.4, -0.2) is 140 Å². The Balaban J connectivity index is 1.63. The molecule has 1 amide bonds. The summed E-state index contributed by atoms with van der Waals surface area (Å²) in [6.07, 6.45) is 62.7. The van der Waals surface area contributed by atoms with Crippen LogP contribution in [0.1, 0.15) is 367 Å². The topological polar surface area (TPSA) is 228 Å². The molecule has 2 heterocycles. The van der Waals surface area contributed by atoms with Gasteiger partial charge in [0, 0.05) is 6.42 Å². The number of allylic oxidation sites excluding steroid dienone is 3. The highest BCUT2D eigenvalue weighted by atomic mass is 16.7. The van der Waals surface area contributed by atoms with Crippen LogP contribution >= 0.6 is 0 Å². The minimum absolute atomic E-state index is 0.240. The van der Waals surface area contributed by atoms with Crippen molar-refractivity contribution in [2.45, 2.75) is 441 Å². The molecule has 2 saturated heterocycles. The van der Waals surface area contributed by atoms with Gasteiger partial charge in [0.15, 0.2) is 12.6 Å². The number of amides is 1. The van der Waals surface area contributed by atoms with Gasteiger partial charge in [-0.25, -0.2) is 0 Å². The van der Waals surface area contributed by atoms with Crippen molar-refractivity contribution in [3.63, 3.8) is 0 Å². The van der Waals surface area contributed by atoms with Crippen LogP contribution in [0.4, 0.5) is 0 Å². The van der Waals surface area contributed by atoms with Gasteiger partial charge in [-0.15, -0.1) is 0 Å². The molecular weight excluding hydrogens is 1150 g/mol. The summed E-state index contributed by atoms with van der Waals surface area (Å²) in [6.45, 7) is 2.85. The fourth-order valence-corrected chi connectivity index (χ4v) is 13.2. The lowest BCUT2D eigenvalue weighted by molar-refractivity contribution is -0.359. The van der Waals surface area contributed by atoms with Crippen LogP contribution in [0.15, 0.2) is 24.3 Å². The molecule has 2 fully saturated rings. The summed E-state index contributed by atoms with van der Waals surface area (Å²) in [7, 11) is 0. The van der Waals surface area contributed by atoms with E-state index in [1.54, 1.807) is 6.08 Å². The van der Waals surface area contributed by atoms with Crippen molar-refractivity contribution in [3.05, 3.63) is 24.3 Å². The van der Waals surface area contributed by atoms with Gasteiger partial charge >= 0.3 is 0 Å². The minimum Gasteiger partial charge on any atom is -0.394 e. The maximum absolute atomic E-state index is 13.4. The van der Waals surface area contributed by atoms with Gasteiger partial charge < -0.3 is 65.1 Å². The van der Waals surface area contributed by atoms with E-state index in [0.29, 0.717) is 12.8 Å². The molecule has 2 rings (SSSR count). The molecule has 538 valence electrons. The van der Waals surface area contributed by atoms with Crippen molar-refractivity contribution in [3.8, 4) is 0 Å². The minimum atomic E-state index is -1.79. The van der Waals surface area contributed by atoms with E-state index >= 15 is 0 Å². The number of aliphatic hydroxyl groups excluding tert-OH is 8. The molecule has 2 aliphatic rings. The zero-order valence-electron chi connectivity index (χ0n) is 58.9. The number of hydrogen-bond acceptors (Lipinski definition) is 13. The molecule has 12 atom stereocenters. The van der Waals surface area contributed by atoms with Gasteiger partial charge in [0.05, 0.1) is 32.0 Å². The largest absolute Gasteiger partial charge is 0.394 e.